The zero-order valence-electron chi connectivity index (χ0n) is 19.1. The number of imide groups is 1. The molecule has 1 aliphatic heterocycles. The van der Waals surface area contributed by atoms with Crippen LogP contribution in [0.15, 0.2) is 54.6 Å². The number of allylic oxidation sites excluding steroid dienone is 2. The Morgan fingerprint density at radius 2 is 1.44 bits per heavy atom. The molecule has 2 saturated carbocycles. The van der Waals surface area contributed by atoms with E-state index in [1.165, 1.54) is 17.0 Å². The number of esters is 1. The van der Waals surface area contributed by atoms with Crippen LogP contribution >= 0.6 is 0 Å². The number of carbonyl (C=O) groups excluding carboxylic acids is 4. The van der Waals surface area contributed by atoms with Crippen LogP contribution in [-0.4, -0.2) is 30.2 Å². The van der Waals surface area contributed by atoms with Crippen LogP contribution in [0, 0.1) is 49.4 Å². The Hall–Kier alpha value is -3.54. The van der Waals surface area contributed by atoms with Crippen molar-refractivity contribution in [1.29, 1.82) is 0 Å². The van der Waals surface area contributed by atoms with Gasteiger partial charge in [0.15, 0.2) is 12.4 Å². The fourth-order valence-electron chi connectivity index (χ4n) is 6.17. The number of ketones is 1. The van der Waals surface area contributed by atoms with Gasteiger partial charge in [-0.15, -0.1) is 0 Å². The summed E-state index contributed by atoms with van der Waals surface area (Å²) in [6, 6.07) is 11.6. The maximum Gasteiger partial charge on any atom is 0.338 e. The predicted molar refractivity (Wildman–Crippen MR) is 124 cm³/mol. The summed E-state index contributed by atoms with van der Waals surface area (Å²) >= 11 is 0. The molecule has 0 spiro atoms. The first-order valence-corrected chi connectivity index (χ1v) is 11.8. The van der Waals surface area contributed by atoms with E-state index in [1.54, 1.807) is 24.3 Å². The molecule has 4 aliphatic carbocycles. The van der Waals surface area contributed by atoms with Crippen molar-refractivity contribution in [3.63, 3.8) is 0 Å². The van der Waals surface area contributed by atoms with Gasteiger partial charge >= 0.3 is 5.97 Å². The van der Waals surface area contributed by atoms with Crippen molar-refractivity contribution in [1.82, 2.24) is 0 Å². The summed E-state index contributed by atoms with van der Waals surface area (Å²) in [5, 5.41) is 0. The minimum Gasteiger partial charge on any atom is -0.454 e. The Kier molecular flexibility index (Phi) is 4.63. The molecule has 0 aromatic heterocycles. The highest BCUT2D eigenvalue weighted by Crippen LogP contribution is 2.65. The van der Waals surface area contributed by atoms with Gasteiger partial charge in [0, 0.05) is 5.56 Å². The Morgan fingerprint density at radius 3 is 2.03 bits per heavy atom. The molecule has 5 aliphatic rings. The molecule has 1 heterocycles. The fourth-order valence-corrected chi connectivity index (χ4v) is 6.17. The fraction of sp³-hybridized carbons (Fsp3) is 0.357. The Bertz CT molecular complexity index is 1240. The van der Waals surface area contributed by atoms with E-state index in [-0.39, 0.29) is 53.4 Å². The molecule has 6 nitrogen and oxygen atoms in total. The van der Waals surface area contributed by atoms with Gasteiger partial charge < -0.3 is 4.74 Å². The SMILES string of the molecule is Cc1ccc(C(=O)COC(=O)c2ccc(N3C(=O)[C@H]4[C@@H]5C=C[C@H]([C@H]6C[C@H]56)[C@@H]4C3=O)cc2)cc1C. The van der Waals surface area contributed by atoms with Crippen molar-refractivity contribution in [2.75, 3.05) is 11.5 Å². The molecule has 0 radical (unpaired) electrons. The van der Waals surface area contributed by atoms with Gasteiger partial charge in [-0.05, 0) is 85.4 Å². The highest BCUT2D eigenvalue weighted by molar-refractivity contribution is 6.22. The number of aryl methyl sites for hydroxylation is 2. The van der Waals surface area contributed by atoms with Crippen molar-refractivity contribution in [3.05, 3.63) is 76.9 Å². The quantitative estimate of drug-likeness (QED) is 0.296. The second-order valence-corrected chi connectivity index (χ2v) is 10.0. The van der Waals surface area contributed by atoms with E-state index >= 15 is 0 Å². The molecule has 2 amide bonds. The third-order valence-corrected chi connectivity index (χ3v) is 8.19. The van der Waals surface area contributed by atoms with Crippen molar-refractivity contribution < 1.29 is 23.9 Å². The van der Waals surface area contributed by atoms with Crippen LogP contribution in [0.25, 0.3) is 0 Å². The monoisotopic (exact) mass is 455 g/mol. The number of anilines is 1. The van der Waals surface area contributed by atoms with E-state index in [4.69, 9.17) is 4.74 Å². The van der Waals surface area contributed by atoms with Gasteiger partial charge in [0.1, 0.15) is 0 Å². The van der Waals surface area contributed by atoms with Gasteiger partial charge in [-0.25, -0.2) is 4.79 Å². The molecular weight excluding hydrogens is 430 g/mol. The lowest BCUT2D eigenvalue weighted by atomic mass is 9.63. The number of hydrogen-bond acceptors (Lipinski definition) is 5. The van der Waals surface area contributed by atoms with E-state index in [2.05, 4.69) is 12.2 Å². The van der Waals surface area contributed by atoms with Gasteiger partial charge in [-0.2, -0.15) is 0 Å². The Labute approximate surface area is 197 Å². The first-order valence-electron chi connectivity index (χ1n) is 11.8. The summed E-state index contributed by atoms with van der Waals surface area (Å²) in [6.45, 7) is 3.54. The topological polar surface area (TPSA) is 80.8 Å². The molecule has 2 bridgehead atoms. The maximum atomic E-state index is 13.2. The van der Waals surface area contributed by atoms with E-state index in [0.717, 1.165) is 17.5 Å². The summed E-state index contributed by atoms with van der Waals surface area (Å²) in [5.74, 6) is -0.226. The van der Waals surface area contributed by atoms with Crippen LogP contribution in [0.2, 0.25) is 0 Å². The normalized spacial score (nSPS) is 30.2. The maximum absolute atomic E-state index is 13.2. The second kappa shape index (κ2) is 7.49. The number of amides is 2. The number of rotatable bonds is 5. The lowest BCUT2D eigenvalue weighted by Crippen LogP contribution is -2.40. The average Bonchev–Trinajstić information content (AvgIpc) is 3.62. The minimum atomic E-state index is -0.626. The number of carbonyl (C=O) groups is 4. The van der Waals surface area contributed by atoms with Crippen LogP contribution in [0.4, 0.5) is 5.69 Å². The molecule has 2 aromatic rings. The summed E-state index contributed by atoms with van der Waals surface area (Å²) in [5.41, 5.74) is 3.32. The minimum absolute atomic E-state index is 0.131. The van der Waals surface area contributed by atoms with E-state index in [9.17, 15) is 19.2 Å². The van der Waals surface area contributed by atoms with Gasteiger partial charge in [0.2, 0.25) is 11.8 Å². The zero-order valence-corrected chi connectivity index (χ0v) is 19.1. The largest absolute Gasteiger partial charge is 0.454 e. The van der Waals surface area contributed by atoms with Gasteiger partial charge in [0.25, 0.3) is 0 Å². The highest BCUT2D eigenvalue weighted by Gasteiger charge is 2.67. The Balaban J connectivity index is 1.13. The lowest BCUT2D eigenvalue weighted by Gasteiger charge is -2.37. The van der Waals surface area contributed by atoms with Gasteiger partial charge in [-0.1, -0.05) is 24.3 Å². The number of nitrogens with zero attached hydrogens (tertiary/aromatic N) is 1. The molecule has 34 heavy (non-hydrogen) atoms. The van der Waals surface area contributed by atoms with Gasteiger partial charge in [-0.3, -0.25) is 19.3 Å². The molecule has 172 valence electrons. The van der Waals surface area contributed by atoms with E-state index in [0.29, 0.717) is 23.1 Å². The standard InChI is InChI=1S/C28H25NO5/c1-14-3-4-17(11-15(14)2)23(30)13-34-28(33)16-5-7-18(8-6-16)29-26(31)24-19-9-10-20(22-12-21(19)22)25(24)27(29)32/h3-11,19-22,24-25H,12-13H2,1-2H3/t19-,20-,21-,22-,24+,25+/m1/s1. The van der Waals surface area contributed by atoms with Gasteiger partial charge in [0.05, 0.1) is 23.1 Å². The third-order valence-electron chi connectivity index (χ3n) is 8.19. The van der Waals surface area contributed by atoms with Crippen LogP contribution in [0.1, 0.15) is 38.3 Å². The number of hydrogen-bond donors (Lipinski definition) is 0. The third kappa shape index (κ3) is 3.08. The Morgan fingerprint density at radius 1 is 0.853 bits per heavy atom. The number of benzene rings is 2. The van der Waals surface area contributed by atoms with Crippen molar-refractivity contribution in [2.45, 2.75) is 20.3 Å². The molecule has 3 fully saturated rings. The molecule has 2 aromatic carbocycles. The van der Waals surface area contributed by atoms with Crippen molar-refractivity contribution >= 4 is 29.3 Å². The van der Waals surface area contributed by atoms with E-state index < -0.39 is 5.97 Å². The number of Topliss-reactive ketones (excluding diaryl/α,β-unsaturated/α-hetero) is 1. The van der Waals surface area contributed by atoms with E-state index in [1.807, 2.05) is 19.9 Å². The van der Waals surface area contributed by atoms with Crippen LogP contribution < -0.4 is 4.90 Å². The average molecular weight is 456 g/mol. The van der Waals surface area contributed by atoms with Crippen LogP contribution in [0.5, 0.6) is 0 Å². The summed E-state index contributed by atoms with van der Waals surface area (Å²) in [4.78, 5) is 52.6. The van der Waals surface area contributed by atoms with Crippen molar-refractivity contribution in [3.8, 4) is 0 Å². The van der Waals surface area contributed by atoms with Crippen molar-refractivity contribution in [2.24, 2.45) is 35.5 Å². The highest BCUT2D eigenvalue weighted by atomic mass is 16.5. The molecule has 6 heteroatoms. The lowest BCUT2D eigenvalue weighted by molar-refractivity contribution is -0.124. The summed E-state index contributed by atoms with van der Waals surface area (Å²) in [7, 11) is 0. The zero-order chi connectivity index (χ0) is 23.7. The first-order chi connectivity index (χ1) is 16.3. The molecule has 1 saturated heterocycles. The molecule has 0 N–H and O–H groups in total. The summed E-state index contributed by atoms with van der Waals surface area (Å²) in [6.07, 6.45) is 5.42. The first kappa shape index (κ1) is 21.0. The molecule has 0 unspecified atom stereocenters. The smallest absolute Gasteiger partial charge is 0.338 e. The predicted octanol–water partition coefficient (Wildman–Crippen LogP) is 3.90. The number of ether oxygens (including phenoxy) is 1. The molecule has 7 rings (SSSR count). The van der Waals surface area contributed by atoms with Crippen LogP contribution in [-0.2, 0) is 14.3 Å². The summed E-state index contributed by atoms with van der Waals surface area (Å²) < 4.78 is 5.21. The van der Waals surface area contributed by atoms with Crippen LogP contribution in [0.3, 0.4) is 0 Å². The molecular formula is C28H25NO5. The molecule has 6 atom stereocenters. The second-order valence-electron chi connectivity index (χ2n) is 10.0.